The summed E-state index contributed by atoms with van der Waals surface area (Å²) in [7, 11) is 0. The zero-order valence-electron chi connectivity index (χ0n) is 18.5. The Hall–Kier alpha value is -4.00. The molecule has 0 atom stereocenters. The zero-order valence-corrected chi connectivity index (χ0v) is 18.5. The maximum Gasteiger partial charge on any atom is 0.276 e. The van der Waals surface area contributed by atoms with Crippen molar-refractivity contribution in [3.05, 3.63) is 99.9 Å². The van der Waals surface area contributed by atoms with Crippen molar-refractivity contribution >= 4 is 11.6 Å². The summed E-state index contributed by atoms with van der Waals surface area (Å²) in [5.74, 6) is 0.714. The van der Waals surface area contributed by atoms with Crippen molar-refractivity contribution in [2.45, 2.75) is 39.3 Å². The van der Waals surface area contributed by atoms with E-state index in [2.05, 4.69) is 21.2 Å². The van der Waals surface area contributed by atoms with Gasteiger partial charge in [-0.3, -0.25) is 9.59 Å². The molecular formula is C26H25N5O2. The summed E-state index contributed by atoms with van der Waals surface area (Å²) in [4.78, 5) is 30.1. The average molecular weight is 440 g/mol. The van der Waals surface area contributed by atoms with Crippen LogP contribution in [0.1, 0.15) is 40.3 Å². The van der Waals surface area contributed by atoms with Crippen LogP contribution in [0.2, 0.25) is 0 Å². The van der Waals surface area contributed by atoms with Crippen LogP contribution in [0.5, 0.6) is 0 Å². The smallest absolute Gasteiger partial charge is 0.276 e. The highest BCUT2D eigenvalue weighted by atomic mass is 16.2. The van der Waals surface area contributed by atoms with Crippen molar-refractivity contribution in [1.82, 2.24) is 19.3 Å². The molecule has 7 heteroatoms. The lowest BCUT2D eigenvalue weighted by Crippen LogP contribution is -2.26. The Kier molecular flexibility index (Phi) is 5.60. The molecule has 1 aliphatic rings. The second-order valence-corrected chi connectivity index (χ2v) is 8.39. The van der Waals surface area contributed by atoms with Crippen LogP contribution in [0.4, 0.5) is 5.69 Å². The lowest BCUT2D eigenvalue weighted by atomic mass is 10.1. The first-order valence-corrected chi connectivity index (χ1v) is 11.2. The van der Waals surface area contributed by atoms with Gasteiger partial charge in [-0.15, -0.1) is 0 Å². The van der Waals surface area contributed by atoms with Gasteiger partial charge in [-0.1, -0.05) is 48.0 Å². The summed E-state index contributed by atoms with van der Waals surface area (Å²) in [6.45, 7) is 3.29. The predicted octanol–water partition coefficient (Wildman–Crippen LogP) is 4.05. The van der Waals surface area contributed by atoms with Crippen molar-refractivity contribution in [2.75, 3.05) is 5.32 Å². The second kappa shape index (κ2) is 8.86. The number of benzene rings is 2. The molecule has 0 aliphatic carbocycles. The van der Waals surface area contributed by atoms with Crippen LogP contribution >= 0.6 is 0 Å². The first-order chi connectivity index (χ1) is 16.1. The molecule has 3 heterocycles. The number of anilines is 1. The maximum atomic E-state index is 13.0. The van der Waals surface area contributed by atoms with Crippen LogP contribution in [0, 0.1) is 6.92 Å². The van der Waals surface area contributed by atoms with Gasteiger partial charge in [-0.2, -0.15) is 5.10 Å². The first-order valence-electron chi connectivity index (χ1n) is 11.2. The Labute approximate surface area is 191 Å². The predicted molar refractivity (Wildman–Crippen MR) is 127 cm³/mol. The number of imidazole rings is 1. The number of nitrogens with zero attached hydrogens (tertiary/aromatic N) is 4. The van der Waals surface area contributed by atoms with Crippen molar-refractivity contribution in [2.24, 2.45) is 0 Å². The molecule has 1 aliphatic heterocycles. The largest absolute Gasteiger partial charge is 0.334 e. The molecule has 5 rings (SSSR count). The number of fused-ring (bicyclic) bond motifs is 1. The first kappa shape index (κ1) is 20.9. The van der Waals surface area contributed by atoms with E-state index in [1.807, 2.05) is 55.5 Å². The molecule has 166 valence electrons. The topological polar surface area (TPSA) is 81.8 Å². The molecule has 33 heavy (non-hydrogen) atoms. The van der Waals surface area contributed by atoms with E-state index in [1.165, 1.54) is 16.8 Å². The fourth-order valence-corrected chi connectivity index (χ4v) is 4.09. The summed E-state index contributed by atoms with van der Waals surface area (Å²) in [6, 6.07) is 18.3. The quantitative estimate of drug-likeness (QED) is 0.509. The highest BCUT2D eigenvalue weighted by Gasteiger charge is 2.17. The molecule has 2 aromatic carbocycles. The van der Waals surface area contributed by atoms with Crippen LogP contribution in [0.25, 0.3) is 11.3 Å². The van der Waals surface area contributed by atoms with E-state index < -0.39 is 0 Å². The minimum absolute atomic E-state index is 0.181. The van der Waals surface area contributed by atoms with E-state index in [9.17, 15) is 9.59 Å². The summed E-state index contributed by atoms with van der Waals surface area (Å²) in [6.07, 6.45) is 5.34. The Morgan fingerprint density at radius 2 is 1.85 bits per heavy atom. The number of hydrogen-bond acceptors (Lipinski definition) is 4. The molecule has 0 bridgehead atoms. The molecule has 0 spiro atoms. The highest BCUT2D eigenvalue weighted by Crippen LogP contribution is 2.29. The summed E-state index contributed by atoms with van der Waals surface area (Å²) in [5.41, 5.74) is 4.39. The van der Waals surface area contributed by atoms with Gasteiger partial charge in [0.1, 0.15) is 11.5 Å². The number of amides is 1. The number of para-hydroxylation sites is 1. The van der Waals surface area contributed by atoms with Gasteiger partial charge in [0.15, 0.2) is 0 Å². The van der Waals surface area contributed by atoms with Gasteiger partial charge in [0.25, 0.3) is 11.5 Å². The molecule has 1 amide bonds. The number of carbonyl (C=O) groups is 1. The standard InChI is InChI=1S/C26H25N5O2/c1-18-9-11-19(12-10-18)16-31-25(32)14-13-22(29-31)26(33)28-21-7-3-2-6-20(21)23-17-30-15-5-4-8-24(30)27-23/h2-3,6-7,9-14,17H,4-5,8,15-16H2,1H3,(H,28,33). The molecular weight excluding hydrogens is 414 g/mol. The zero-order chi connectivity index (χ0) is 22.8. The number of carbonyl (C=O) groups excluding carboxylic acids is 1. The SMILES string of the molecule is Cc1ccc(Cn2nc(C(=O)Nc3ccccc3-c3cn4c(n3)CCCC4)ccc2=O)cc1. The number of rotatable bonds is 5. The van der Waals surface area contributed by atoms with E-state index in [4.69, 9.17) is 4.98 Å². The van der Waals surface area contributed by atoms with Gasteiger partial charge in [0, 0.05) is 30.8 Å². The monoisotopic (exact) mass is 439 g/mol. The summed E-state index contributed by atoms with van der Waals surface area (Å²) < 4.78 is 3.51. The van der Waals surface area contributed by atoms with Gasteiger partial charge >= 0.3 is 0 Å². The number of aromatic nitrogens is 4. The van der Waals surface area contributed by atoms with Crippen LogP contribution < -0.4 is 10.9 Å². The third-order valence-corrected chi connectivity index (χ3v) is 5.91. The van der Waals surface area contributed by atoms with E-state index in [-0.39, 0.29) is 17.2 Å². The minimum Gasteiger partial charge on any atom is -0.334 e. The molecule has 0 unspecified atom stereocenters. The maximum absolute atomic E-state index is 13.0. The van der Waals surface area contributed by atoms with Crippen LogP contribution in [-0.4, -0.2) is 25.2 Å². The molecule has 0 radical (unpaired) electrons. The Morgan fingerprint density at radius 1 is 1.03 bits per heavy atom. The Balaban J connectivity index is 1.40. The molecule has 1 N–H and O–H groups in total. The van der Waals surface area contributed by atoms with Crippen molar-refractivity contribution in [3.8, 4) is 11.3 Å². The van der Waals surface area contributed by atoms with Crippen LogP contribution in [-0.2, 0) is 19.5 Å². The van der Waals surface area contributed by atoms with Crippen molar-refractivity contribution in [1.29, 1.82) is 0 Å². The average Bonchev–Trinajstić information content (AvgIpc) is 3.26. The number of hydrogen-bond donors (Lipinski definition) is 1. The van der Waals surface area contributed by atoms with Gasteiger partial charge in [-0.05, 0) is 37.5 Å². The van der Waals surface area contributed by atoms with Crippen molar-refractivity contribution in [3.63, 3.8) is 0 Å². The molecule has 0 saturated heterocycles. The normalized spacial score (nSPS) is 12.9. The van der Waals surface area contributed by atoms with E-state index >= 15 is 0 Å². The lowest BCUT2D eigenvalue weighted by Gasteiger charge is -2.11. The second-order valence-electron chi connectivity index (χ2n) is 8.39. The highest BCUT2D eigenvalue weighted by molar-refractivity contribution is 6.04. The summed E-state index contributed by atoms with van der Waals surface area (Å²) in [5, 5.41) is 7.27. The van der Waals surface area contributed by atoms with Gasteiger partial charge in [-0.25, -0.2) is 9.67 Å². The molecule has 0 fully saturated rings. The van der Waals surface area contributed by atoms with Crippen LogP contribution in [0.15, 0.2) is 71.7 Å². The molecule has 0 saturated carbocycles. The Bertz CT molecular complexity index is 1340. The third kappa shape index (κ3) is 4.48. The van der Waals surface area contributed by atoms with Gasteiger partial charge < -0.3 is 9.88 Å². The third-order valence-electron chi connectivity index (χ3n) is 5.91. The summed E-state index contributed by atoms with van der Waals surface area (Å²) >= 11 is 0. The van der Waals surface area contributed by atoms with E-state index in [1.54, 1.807) is 0 Å². The van der Waals surface area contributed by atoms with Crippen LogP contribution in [0.3, 0.4) is 0 Å². The van der Waals surface area contributed by atoms with Crippen molar-refractivity contribution < 1.29 is 4.79 Å². The molecule has 7 nitrogen and oxygen atoms in total. The van der Waals surface area contributed by atoms with Gasteiger partial charge in [0.05, 0.1) is 17.9 Å². The Morgan fingerprint density at radius 3 is 2.67 bits per heavy atom. The fourth-order valence-electron chi connectivity index (χ4n) is 4.09. The number of nitrogens with one attached hydrogen (secondary N) is 1. The lowest BCUT2D eigenvalue weighted by molar-refractivity contribution is 0.102. The minimum atomic E-state index is -0.371. The van der Waals surface area contributed by atoms with E-state index in [0.717, 1.165) is 54.0 Å². The van der Waals surface area contributed by atoms with Gasteiger partial charge in [0.2, 0.25) is 0 Å². The molecule has 4 aromatic rings. The fraction of sp³-hybridized carbons (Fsp3) is 0.231. The van der Waals surface area contributed by atoms with E-state index in [0.29, 0.717) is 12.2 Å². The molecule has 2 aromatic heterocycles. The number of aryl methyl sites for hydroxylation is 3.